The van der Waals surface area contributed by atoms with Crippen molar-refractivity contribution in [2.24, 2.45) is 0 Å². The van der Waals surface area contributed by atoms with Gasteiger partial charge in [-0.1, -0.05) is 18.2 Å². The first-order valence-corrected chi connectivity index (χ1v) is 9.16. The Labute approximate surface area is 164 Å². The highest BCUT2D eigenvalue weighted by molar-refractivity contribution is 5.87. The van der Waals surface area contributed by atoms with Gasteiger partial charge in [0.25, 0.3) is 5.88 Å². The third-order valence-electron chi connectivity index (χ3n) is 4.61. The van der Waals surface area contributed by atoms with Crippen LogP contribution in [0, 0.1) is 0 Å². The highest BCUT2D eigenvalue weighted by Gasteiger charge is 2.31. The van der Waals surface area contributed by atoms with E-state index in [2.05, 4.69) is 14.8 Å². The van der Waals surface area contributed by atoms with E-state index in [-0.39, 0.29) is 5.75 Å². The smallest absolute Gasteiger partial charge is 0.474 e. The summed E-state index contributed by atoms with van der Waals surface area (Å²) in [6, 6.07) is 11.1. The van der Waals surface area contributed by atoms with Crippen LogP contribution in [0.3, 0.4) is 0 Å². The van der Waals surface area contributed by atoms with Crippen molar-refractivity contribution in [3.05, 3.63) is 42.5 Å². The SMILES string of the molecule is FC(F)(F)Oc1ccc(-c2ccc3onc(OCCN4CCOCC4)c3c2)cc1. The number of ether oxygens (including phenoxy) is 3. The summed E-state index contributed by atoms with van der Waals surface area (Å²) >= 11 is 0. The van der Waals surface area contributed by atoms with Gasteiger partial charge >= 0.3 is 6.36 Å². The van der Waals surface area contributed by atoms with Gasteiger partial charge in [-0.2, -0.15) is 0 Å². The molecule has 0 spiro atoms. The minimum atomic E-state index is -4.71. The largest absolute Gasteiger partial charge is 0.573 e. The van der Waals surface area contributed by atoms with Gasteiger partial charge in [-0.15, -0.1) is 13.2 Å². The molecule has 6 nitrogen and oxygen atoms in total. The molecule has 0 unspecified atom stereocenters. The van der Waals surface area contributed by atoms with E-state index in [4.69, 9.17) is 14.0 Å². The second-order valence-electron chi connectivity index (χ2n) is 6.57. The standard InChI is InChI=1S/C20H19F3N2O4/c21-20(22,23)28-16-4-1-14(2-5-16)15-3-6-18-17(13-15)19(24-29-18)27-12-9-25-7-10-26-11-8-25/h1-6,13H,7-12H2. The number of aromatic nitrogens is 1. The zero-order valence-electron chi connectivity index (χ0n) is 15.4. The average Bonchev–Trinajstić information content (AvgIpc) is 3.10. The van der Waals surface area contributed by atoms with E-state index in [0.717, 1.165) is 44.0 Å². The predicted octanol–water partition coefficient (Wildman–Crippen LogP) is 4.10. The van der Waals surface area contributed by atoms with Crippen molar-refractivity contribution in [2.75, 3.05) is 39.5 Å². The van der Waals surface area contributed by atoms with Crippen LogP contribution in [0.25, 0.3) is 22.1 Å². The number of benzene rings is 2. The van der Waals surface area contributed by atoms with E-state index >= 15 is 0 Å². The average molecular weight is 408 g/mol. The van der Waals surface area contributed by atoms with Gasteiger partial charge in [0, 0.05) is 19.6 Å². The summed E-state index contributed by atoms with van der Waals surface area (Å²) < 4.78 is 57.2. The van der Waals surface area contributed by atoms with Gasteiger partial charge in [0.15, 0.2) is 5.58 Å². The molecule has 0 radical (unpaired) electrons. The molecule has 0 bridgehead atoms. The molecule has 2 aromatic carbocycles. The molecule has 1 aromatic heterocycles. The summed E-state index contributed by atoms with van der Waals surface area (Å²) in [5.74, 6) is 0.131. The maximum Gasteiger partial charge on any atom is 0.573 e. The Hall–Kier alpha value is -2.78. The van der Waals surface area contributed by atoms with Crippen molar-refractivity contribution in [3.63, 3.8) is 0 Å². The molecule has 29 heavy (non-hydrogen) atoms. The number of morpholine rings is 1. The number of alkyl halides is 3. The number of halogens is 3. The summed E-state index contributed by atoms with van der Waals surface area (Å²) in [4.78, 5) is 2.25. The van der Waals surface area contributed by atoms with Crippen LogP contribution < -0.4 is 9.47 Å². The molecule has 1 aliphatic heterocycles. The van der Waals surface area contributed by atoms with E-state index < -0.39 is 6.36 Å². The van der Waals surface area contributed by atoms with Gasteiger partial charge < -0.3 is 18.7 Å². The van der Waals surface area contributed by atoms with Gasteiger partial charge in [-0.3, -0.25) is 4.90 Å². The molecule has 1 aliphatic rings. The lowest BCUT2D eigenvalue weighted by atomic mass is 10.0. The summed E-state index contributed by atoms with van der Waals surface area (Å²) in [5.41, 5.74) is 2.12. The third kappa shape index (κ3) is 4.99. The quantitative estimate of drug-likeness (QED) is 0.612. The van der Waals surface area contributed by atoms with Crippen molar-refractivity contribution in [1.29, 1.82) is 0 Å². The zero-order chi connectivity index (χ0) is 20.3. The zero-order valence-corrected chi connectivity index (χ0v) is 15.4. The number of nitrogens with zero attached hydrogens (tertiary/aromatic N) is 2. The van der Waals surface area contributed by atoms with Gasteiger partial charge in [0.2, 0.25) is 0 Å². The van der Waals surface area contributed by atoms with Gasteiger partial charge in [-0.05, 0) is 40.5 Å². The fraction of sp³-hybridized carbons (Fsp3) is 0.350. The third-order valence-corrected chi connectivity index (χ3v) is 4.61. The Kier molecular flexibility index (Phi) is 5.59. The minimum Gasteiger partial charge on any atom is -0.474 e. The van der Waals surface area contributed by atoms with Crippen LogP contribution in [0.4, 0.5) is 13.2 Å². The first-order valence-electron chi connectivity index (χ1n) is 9.16. The molecule has 3 aromatic rings. The molecule has 4 rings (SSSR count). The molecule has 1 saturated heterocycles. The van der Waals surface area contributed by atoms with Gasteiger partial charge in [0.05, 0.1) is 18.6 Å². The van der Waals surface area contributed by atoms with Crippen molar-refractivity contribution >= 4 is 11.0 Å². The van der Waals surface area contributed by atoms with Crippen LogP contribution in [0.15, 0.2) is 47.0 Å². The van der Waals surface area contributed by atoms with Crippen molar-refractivity contribution in [1.82, 2.24) is 10.1 Å². The van der Waals surface area contributed by atoms with Gasteiger partial charge in [-0.25, -0.2) is 0 Å². The Morgan fingerprint density at radius 3 is 2.45 bits per heavy atom. The van der Waals surface area contributed by atoms with E-state index in [9.17, 15) is 13.2 Å². The van der Waals surface area contributed by atoms with E-state index in [1.807, 2.05) is 12.1 Å². The number of hydrogen-bond acceptors (Lipinski definition) is 6. The summed E-state index contributed by atoms with van der Waals surface area (Å²) in [7, 11) is 0. The first kappa shape index (κ1) is 19.5. The fourth-order valence-electron chi connectivity index (χ4n) is 3.15. The fourth-order valence-corrected chi connectivity index (χ4v) is 3.15. The molecule has 0 aliphatic carbocycles. The van der Waals surface area contributed by atoms with Crippen LogP contribution in [-0.4, -0.2) is 55.9 Å². The summed E-state index contributed by atoms with van der Waals surface area (Å²) in [6.45, 7) is 4.43. The van der Waals surface area contributed by atoms with E-state index in [0.29, 0.717) is 23.5 Å². The molecule has 0 N–H and O–H groups in total. The number of rotatable bonds is 6. The van der Waals surface area contributed by atoms with Crippen LogP contribution in [0.2, 0.25) is 0 Å². The van der Waals surface area contributed by atoms with Crippen LogP contribution in [0.5, 0.6) is 11.6 Å². The Morgan fingerprint density at radius 2 is 1.72 bits per heavy atom. The van der Waals surface area contributed by atoms with E-state index in [1.54, 1.807) is 18.2 Å². The summed E-state index contributed by atoms with van der Waals surface area (Å²) in [5, 5.41) is 4.69. The number of hydrogen-bond donors (Lipinski definition) is 0. The van der Waals surface area contributed by atoms with Crippen molar-refractivity contribution < 1.29 is 31.9 Å². The maximum atomic E-state index is 12.3. The minimum absolute atomic E-state index is 0.264. The lowest BCUT2D eigenvalue weighted by Crippen LogP contribution is -2.38. The monoisotopic (exact) mass is 408 g/mol. The molecule has 0 saturated carbocycles. The second-order valence-corrected chi connectivity index (χ2v) is 6.57. The number of fused-ring (bicyclic) bond motifs is 1. The second kappa shape index (κ2) is 8.30. The highest BCUT2D eigenvalue weighted by atomic mass is 19.4. The van der Waals surface area contributed by atoms with Crippen LogP contribution >= 0.6 is 0 Å². The molecule has 0 atom stereocenters. The molecule has 1 fully saturated rings. The molecular formula is C20H19F3N2O4. The van der Waals surface area contributed by atoms with Crippen LogP contribution in [0.1, 0.15) is 0 Å². The molecular weight excluding hydrogens is 389 g/mol. The van der Waals surface area contributed by atoms with Crippen molar-refractivity contribution in [3.8, 4) is 22.8 Å². The normalized spacial score (nSPS) is 15.6. The van der Waals surface area contributed by atoms with Gasteiger partial charge in [0.1, 0.15) is 12.4 Å². The maximum absolute atomic E-state index is 12.3. The summed E-state index contributed by atoms with van der Waals surface area (Å²) in [6.07, 6.45) is -4.71. The van der Waals surface area contributed by atoms with Crippen molar-refractivity contribution in [2.45, 2.75) is 6.36 Å². The van der Waals surface area contributed by atoms with E-state index in [1.165, 1.54) is 12.1 Å². The molecule has 9 heteroatoms. The Bertz CT molecular complexity index is 951. The predicted molar refractivity (Wildman–Crippen MR) is 98.9 cm³/mol. The molecule has 0 amide bonds. The highest BCUT2D eigenvalue weighted by Crippen LogP contribution is 2.31. The molecule has 154 valence electrons. The Morgan fingerprint density at radius 1 is 1.00 bits per heavy atom. The first-order chi connectivity index (χ1) is 14.0. The lowest BCUT2D eigenvalue weighted by Gasteiger charge is -2.26. The lowest BCUT2D eigenvalue weighted by molar-refractivity contribution is -0.274. The van der Waals surface area contributed by atoms with Crippen LogP contribution in [-0.2, 0) is 4.74 Å². The topological polar surface area (TPSA) is 57.0 Å². The Balaban J connectivity index is 1.46. The molecule has 2 heterocycles.